The van der Waals surface area contributed by atoms with Gasteiger partial charge in [0.25, 0.3) is 0 Å². The number of likely N-dealkylation sites (N-methyl/N-ethyl adjacent to an activating group) is 1. The van der Waals surface area contributed by atoms with Crippen LogP contribution in [0.25, 0.3) is 0 Å². The van der Waals surface area contributed by atoms with E-state index in [2.05, 4.69) is 5.32 Å². The lowest BCUT2D eigenvalue weighted by molar-refractivity contribution is -0.130. The van der Waals surface area contributed by atoms with Gasteiger partial charge in [0.2, 0.25) is 5.91 Å². The summed E-state index contributed by atoms with van der Waals surface area (Å²) in [5.74, 6) is -0.228. The predicted octanol–water partition coefficient (Wildman–Crippen LogP) is 1.34. The van der Waals surface area contributed by atoms with E-state index in [0.717, 1.165) is 5.56 Å². The van der Waals surface area contributed by atoms with Crippen LogP contribution in [0, 0.1) is 0 Å². The van der Waals surface area contributed by atoms with E-state index in [0.29, 0.717) is 12.8 Å². The Labute approximate surface area is 106 Å². The van der Waals surface area contributed by atoms with E-state index in [9.17, 15) is 9.59 Å². The van der Waals surface area contributed by atoms with Crippen molar-refractivity contribution in [3.05, 3.63) is 35.9 Å². The van der Waals surface area contributed by atoms with E-state index in [1.54, 1.807) is 14.1 Å². The largest absolute Gasteiger partial charge is 0.465 e. The number of nitrogens with zero attached hydrogens (tertiary/aromatic N) is 1. The van der Waals surface area contributed by atoms with Crippen LogP contribution in [0.15, 0.2) is 30.3 Å². The van der Waals surface area contributed by atoms with Crippen LogP contribution < -0.4 is 5.32 Å². The first-order chi connectivity index (χ1) is 8.50. The Hall–Kier alpha value is -2.04. The third kappa shape index (κ3) is 4.45. The SMILES string of the molecule is CN(C)C(=O)C(CCc1ccccc1)NC(=O)O. The average Bonchev–Trinajstić information content (AvgIpc) is 2.34. The molecule has 0 saturated carbocycles. The smallest absolute Gasteiger partial charge is 0.405 e. The standard InChI is InChI=1S/C13H18N2O3/c1-15(2)12(16)11(14-13(17)18)9-8-10-6-4-3-5-7-10/h3-7,11,14H,8-9H2,1-2H3,(H,17,18). The molecule has 1 aromatic rings. The quantitative estimate of drug-likeness (QED) is 0.828. The molecule has 0 bridgehead atoms. The van der Waals surface area contributed by atoms with Crippen LogP contribution in [0.2, 0.25) is 0 Å². The van der Waals surface area contributed by atoms with Crippen molar-refractivity contribution >= 4 is 12.0 Å². The molecule has 1 aromatic carbocycles. The average molecular weight is 250 g/mol. The summed E-state index contributed by atoms with van der Waals surface area (Å²) in [6.45, 7) is 0. The number of hydrogen-bond donors (Lipinski definition) is 2. The van der Waals surface area contributed by atoms with E-state index in [1.165, 1.54) is 4.90 Å². The second-order valence-corrected chi connectivity index (χ2v) is 4.26. The molecule has 1 unspecified atom stereocenters. The second kappa shape index (κ2) is 6.64. The molecule has 1 rings (SSSR count). The summed E-state index contributed by atoms with van der Waals surface area (Å²) in [5.41, 5.74) is 1.08. The number of carboxylic acid groups (broad SMARTS) is 1. The molecular formula is C13H18N2O3. The van der Waals surface area contributed by atoms with Crippen molar-refractivity contribution < 1.29 is 14.7 Å². The summed E-state index contributed by atoms with van der Waals surface area (Å²) in [6, 6.07) is 8.97. The predicted molar refractivity (Wildman–Crippen MR) is 68.4 cm³/mol. The lowest BCUT2D eigenvalue weighted by Crippen LogP contribution is -2.46. The number of nitrogens with one attached hydrogen (secondary N) is 1. The van der Waals surface area contributed by atoms with E-state index in [-0.39, 0.29) is 5.91 Å². The van der Waals surface area contributed by atoms with Crippen molar-refractivity contribution in [2.45, 2.75) is 18.9 Å². The fourth-order valence-electron chi connectivity index (χ4n) is 1.67. The zero-order valence-electron chi connectivity index (χ0n) is 10.6. The first kappa shape index (κ1) is 14.0. The molecule has 0 aliphatic carbocycles. The molecule has 0 radical (unpaired) electrons. The minimum Gasteiger partial charge on any atom is -0.465 e. The van der Waals surface area contributed by atoms with Crippen LogP contribution in [0.1, 0.15) is 12.0 Å². The first-order valence-electron chi connectivity index (χ1n) is 5.75. The Morgan fingerprint density at radius 2 is 1.89 bits per heavy atom. The van der Waals surface area contributed by atoms with Gasteiger partial charge in [-0.25, -0.2) is 4.79 Å². The number of carbonyl (C=O) groups excluding carboxylic acids is 1. The van der Waals surface area contributed by atoms with Gasteiger partial charge in [0.05, 0.1) is 0 Å². The highest BCUT2D eigenvalue weighted by molar-refractivity contribution is 5.84. The fraction of sp³-hybridized carbons (Fsp3) is 0.385. The second-order valence-electron chi connectivity index (χ2n) is 4.26. The highest BCUT2D eigenvalue weighted by Crippen LogP contribution is 2.06. The van der Waals surface area contributed by atoms with Gasteiger partial charge >= 0.3 is 6.09 Å². The van der Waals surface area contributed by atoms with Gasteiger partial charge in [-0.3, -0.25) is 4.79 Å². The number of hydrogen-bond acceptors (Lipinski definition) is 2. The highest BCUT2D eigenvalue weighted by atomic mass is 16.4. The summed E-state index contributed by atoms with van der Waals surface area (Å²) < 4.78 is 0. The molecule has 0 saturated heterocycles. The van der Waals surface area contributed by atoms with Crippen LogP contribution in [-0.2, 0) is 11.2 Å². The van der Waals surface area contributed by atoms with Gasteiger partial charge in [0, 0.05) is 14.1 Å². The Balaban J connectivity index is 2.61. The Kier molecular flexibility index (Phi) is 5.17. The lowest BCUT2D eigenvalue weighted by Gasteiger charge is -2.20. The molecule has 2 amide bonds. The number of amides is 2. The molecule has 0 aliphatic heterocycles. The number of aryl methyl sites for hydroxylation is 1. The normalized spacial score (nSPS) is 11.7. The van der Waals surface area contributed by atoms with Crippen molar-refractivity contribution in [3.8, 4) is 0 Å². The van der Waals surface area contributed by atoms with Gasteiger partial charge in [-0.2, -0.15) is 0 Å². The molecule has 5 heteroatoms. The zero-order chi connectivity index (χ0) is 13.5. The first-order valence-corrected chi connectivity index (χ1v) is 5.75. The molecule has 2 N–H and O–H groups in total. The summed E-state index contributed by atoms with van der Waals surface area (Å²) in [6.07, 6.45) is -0.0677. The Morgan fingerprint density at radius 1 is 1.28 bits per heavy atom. The maximum atomic E-state index is 11.8. The molecule has 0 fully saturated rings. The van der Waals surface area contributed by atoms with Gasteiger partial charge in [-0.15, -0.1) is 0 Å². The van der Waals surface area contributed by atoms with Crippen LogP contribution in [0.3, 0.4) is 0 Å². The third-order valence-corrected chi connectivity index (χ3v) is 2.60. The number of rotatable bonds is 5. The molecule has 5 nitrogen and oxygen atoms in total. The van der Waals surface area contributed by atoms with E-state index >= 15 is 0 Å². The number of benzene rings is 1. The molecule has 1 atom stereocenters. The Bertz CT molecular complexity index is 404. The van der Waals surface area contributed by atoms with Gasteiger partial charge < -0.3 is 15.3 Å². The van der Waals surface area contributed by atoms with Crippen LogP contribution in [0.5, 0.6) is 0 Å². The van der Waals surface area contributed by atoms with E-state index in [1.807, 2.05) is 30.3 Å². The van der Waals surface area contributed by atoms with Gasteiger partial charge in [-0.1, -0.05) is 30.3 Å². The summed E-state index contributed by atoms with van der Waals surface area (Å²) in [5, 5.41) is 11.0. The van der Waals surface area contributed by atoms with Gasteiger partial charge in [0.15, 0.2) is 0 Å². The fourth-order valence-corrected chi connectivity index (χ4v) is 1.67. The molecular weight excluding hydrogens is 232 g/mol. The van der Waals surface area contributed by atoms with Crippen molar-refractivity contribution in [1.82, 2.24) is 10.2 Å². The Morgan fingerprint density at radius 3 is 2.39 bits per heavy atom. The minimum atomic E-state index is -1.18. The summed E-state index contributed by atoms with van der Waals surface area (Å²) in [7, 11) is 3.22. The minimum absolute atomic E-state index is 0.228. The van der Waals surface area contributed by atoms with E-state index in [4.69, 9.17) is 5.11 Å². The zero-order valence-corrected chi connectivity index (χ0v) is 10.6. The van der Waals surface area contributed by atoms with Crippen molar-refractivity contribution in [1.29, 1.82) is 0 Å². The van der Waals surface area contributed by atoms with Crippen LogP contribution in [0.4, 0.5) is 4.79 Å². The molecule has 0 aliphatic rings. The summed E-state index contributed by atoms with van der Waals surface area (Å²) >= 11 is 0. The number of carbonyl (C=O) groups is 2. The van der Waals surface area contributed by atoms with Gasteiger partial charge in [0.1, 0.15) is 6.04 Å². The maximum Gasteiger partial charge on any atom is 0.405 e. The molecule has 0 spiro atoms. The molecule has 0 heterocycles. The summed E-state index contributed by atoms with van der Waals surface area (Å²) in [4.78, 5) is 23.9. The topological polar surface area (TPSA) is 69.6 Å². The maximum absolute atomic E-state index is 11.8. The van der Waals surface area contributed by atoms with Crippen molar-refractivity contribution in [2.24, 2.45) is 0 Å². The lowest BCUT2D eigenvalue weighted by atomic mass is 10.0. The van der Waals surface area contributed by atoms with E-state index < -0.39 is 12.1 Å². The van der Waals surface area contributed by atoms with Crippen molar-refractivity contribution in [2.75, 3.05) is 14.1 Å². The third-order valence-electron chi connectivity index (χ3n) is 2.60. The van der Waals surface area contributed by atoms with Crippen LogP contribution in [-0.4, -0.2) is 42.1 Å². The van der Waals surface area contributed by atoms with Crippen LogP contribution >= 0.6 is 0 Å². The molecule has 0 aromatic heterocycles. The molecule has 98 valence electrons. The molecule has 18 heavy (non-hydrogen) atoms. The van der Waals surface area contributed by atoms with Gasteiger partial charge in [-0.05, 0) is 18.4 Å². The highest BCUT2D eigenvalue weighted by Gasteiger charge is 2.21. The van der Waals surface area contributed by atoms with Crippen molar-refractivity contribution in [3.63, 3.8) is 0 Å². The monoisotopic (exact) mass is 250 g/mol.